The lowest BCUT2D eigenvalue weighted by atomic mass is 10.1. The van der Waals surface area contributed by atoms with Gasteiger partial charge in [-0.05, 0) is 24.5 Å². The minimum atomic E-state index is 0.793. The number of rotatable bonds is 5. The van der Waals surface area contributed by atoms with Crippen LogP contribution < -0.4 is 0 Å². The number of pyridine rings is 1. The van der Waals surface area contributed by atoms with E-state index in [1.54, 1.807) is 0 Å². The van der Waals surface area contributed by atoms with E-state index in [-0.39, 0.29) is 0 Å². The number of alkyl halides is 1. The van der Waals surface area contributed by atoms with Gasteiger partial charge in [-0.1, -0.05) is 40.2 Å². The van der Waals surface area contributed by atoms with Gasteiger partial charge in [-0.2, -0.15) is 0 Å². The van der Waals surface area contributed by atoms with Gasteiger partial charge in [0, 0.05) is 36.0 Å². The molecule has 1 saturated carbocycles. The molecule has 3 heteroatoms. The van der Waals surface area contributed by atoms with Crippen LogP contribution in [0.4, 0.5) is 0 Å². The largest absolute Gasteiger partial charge is 0.295 e. The molecule has 1 aromatic carbocycles. The molecular weight excluding hydrogens is 288 g/mol. The maximum absolute atomic E-state index is 4.54. The van der Waals surface area contributed by atoms with Crippen molar-refractivity contribution in [3.63, 3.8) is 0 Å². The SMILES string of the molecule is BrCCN(Cc1cccc2cccnc12)C1CC1. The van der Waals surface area contributed by atoms with Crippen LogP contribution in [0.25, 0.3) is 10.9 Å². The Morgan fingerprint density at radius 3 is 2.83 bits per heavy atom. The molecule has 2 nitrogen and oxygen atoms in total. The molecule has 0 unspecified atom stereocenters. The summed E-state index contributed by atoms with van der Waals surface area (Å²) in [6.07, 6.45) is 4.59. The predicted molar refractivity (Wildman–Crippen MR) is 79.0 cm³/mol. The van der Waals surface area contributed by atoms with E-state index in [4.69, 9.17) is 0 Å². The van der Waals surface area contributed by atoms with Crippen molar-refractivity contribution in [2.24, 2.45) is 0 Å². The molecule has 0 amide bonds. The second-order valence-electron chi connectivity index (χ2n) is 4.88. The molecule has 1 aliphatic rings. The summed E-state index contributed by atoms with van der Waals surface area (Å²) in [5.41, 5.74) is 2.50. The average molecular weight is 305 g/mol. The molecular formula is C15H17BrN2. The lowest BCUT2D eigenvalue weighted by Gasteiger charge is -2.21. The third kappa shape index (κ3) is 2.57. The van der Waals surface area contributed by atoms with E-state index in [2.05, 4.69) is 50.1 Å². The first-order chi connectivity index (χ1) is 8.88. The van der Waals surface area contributed by atoms with Gasteiger partial charge in [0.1, 0.15) is 0 Å². The van der Waals surface area contributed by atoms with Gasteiger partial charge in [-0.3, -0.25) is 9.88 Å². The molecule has 0 N–H and O–H groups in total. The Morgan fingerprint density at radius 1 is 1.22 bits per heavy atom. The van der Waals surface area contributed by atoms with Gasteiger partial charge in [0.15, 0.2) is 0 Å². The molecule has 0 spiro atoms. The van der Waals surface area contributed by atoms with Crippen LogP contribution in [0, 0.1) is 0 Å². The van der Waals surface area contributed by atoms with E-state index < -0.39 is 0 Å². The zero-order valence-electron chi connectivity index (χ0n) is 10.3. The first-order valence-corrected chi connectivity index (χ1v) is 7.63. The van der Waals surface area contributed by atoms with E-state index in [1.807, 2.05) is 12.3 Å². The number of nitrogens with zero attached hydrogens (tertiary/aromatic N) is 2. The van der Waals surface area contributed by atoms with E-state index >= 15 is 0 Å². The smallest absolute Gasteiger partial charge is 0.0746 e. The van der Waals surface area contributed by atoms with Gasteiger partial charge < -0.3 is 0 Å². The highest BCUT2D eigenvalue weighted by Gasteiger charge is 2.28. The summed E-state index contributed by atoms with van der Waals surface area (Å²) in [4.78, 5) is 7.10. The highest BCUT2D eigenvalue weighted by atomic mass is 79.9. The number of aromatic nitrogens is 1. The lowest BCUT2D eigenvalue weighted by Crippen LogP contribution is -2.27. The van der Waals surface area contributed by atoms with Crippen molar-refractivity contribution in [1.82, 2.24) is 9.88 Å². The van der Waals surface area contributed by atoms with Crippen LogP contribution in [0.1, 0.15) is 18.4 Å². The third-order valence-corrected chi connectivity index (χ3v) is 3.88. The van der Waals surface area contributed by atoms with Gasteiger partial charge in [0.05, 0.1) is 5.52 Å². The Bertz CT molecular complexity index is 532. The Hall–Kier alpha value is -0.930. The molecule has 1 heterocycles. The summed E-state index contributed by atoms with van der Waals surface area (Å²) < 4.78 is 0. The molecule has 1 aliphatic carbocycles. The molecule has 0 bridgehead atoms. The summed E-state index contributed by atoms with van der Waals surface area (Å²) in [6.45, 7) is 2.14. The second-order valence-corrected chi connectivity index (χ2v) is 5.68. The average Bonchev–Trinajstić information content (AvgIpc) is 3.23. The maximum Gasteiger partial charge on any atom is 0.0746 e. The van der Waals surface area contributed by atoms with E-state index in [0.29, 0.717) is 0 Å². The summed E-state index contributed by atoms with van der Waals surface area (Å²) in [5, 5.41) is 2.28. The zero-order valence-corrected chi connectivity index (χ0v) is 11.9. The Morgan fingerprint density at radius 2 is 2.06 bits per heavy atom. The number of hydrogen-bond acceptors (Lipinski definition) is 2. The molecule has 1 fully saturated rings. The van der Waals surface area contributed by atoms with Crippen molar-refractivity contribution in [3.05, 3.63) is 42.1 Å². The van der Waals surface area contributed by atoms with Gasteiger partial charge in [0.25, 0.3) is 0 Å². The van der Waals surface area contributed by atoms with Gasteiger partial charge >= 0.3 is 0 Å². The number of benzene rings is 1. The molecule has 18 heavy (non-hydrogen) atoms. The summed E-state index contributed by atoms with van der Waals surface area (Å²) in [6, 6.07) is 11.4. The summed E-state index contributed by atoms with van der Waals surface area (Å²) in [5.74, 6) is 0. The molecule has 1 aromatic heterocycles. The molecule has 2 aromatic rings. The Balaban J connectivity index is 1.88. The summed E-state index contributed by atoms with van der Waals surface area (Å²) >= 11 is 3.55. The summed E-state index contributed by atoms with van der Waals surface area (Å²) in [7, 11) is 0. The monoisotopic (exact) mass is 304 g/mol. The van der Waals surface area contributed by atoms with Crippen molar-refractivity contribution in [3.8, 4) is 0 Å². The fourth-order valence-corrected chi connectivity index (χ4v) is 2.91. The predicted octanol–water partition coefficient (Wildman–Crippen LogP) is 3.59. The van der Waals surface area contributed by atoms with Crippen LogP contribution in [0.5, 0.6) is 0 Å². The van der Waals surface area contributed by atoms with Gasteiger partial charge in [-0.25, -0.2) is 0 Å². The second kappa shape index (κ2) is 5.37. The highest BCUT2D eigenvalue weighted by molar-refractivity contribution is 9.09. The minimum absolute atomic E-state index is 0.793. The number of hydrogen-bond donors (Lipinski definition) is 0. The first kappa shape index (κ1) is 12.1. The van der Waals surface area contributed by atoms with Crippen molar-refractivity contribution in [2.45, 2.75) is 25.4 Å². The fourth-order valence-electron chi connectivity index (χ4n) is 2.45. The van der Waals surface area contributed by atoms with Crippen LogP contribution >= 0.6 is 15.9 Å². The lowest BCUT2D eigenvalue weighted by molar-refractivity contribution is 0.273. The first-order valence-electron chi connectivity index (χ1n) is 6.51. The van der Waals surface area contributed by atoms with Crippen molar-refractivity contribution in [1.29, 1.82) is 0 Å². The number of fused-ring (bicyclic) bond motifs is 1. The Labute approximate surface area is 116 Å². The third-order valence-electron chi connectivity index (χ3n) is 3.52. The Kier molecular flexibility index (Phi) is 3.62. The van der Waals surface area contributed by atoms with Crippen LogP contribution in [-0.2, 0) is 6.54 Å². The van der Waals surface area contributed by atoms with Crippen molar-refractivity contribution >= 4 is 26.8 Å². The molecule has 3 rings (SSSR count). The topological polar surface area (TPSA) is 16.1 Å². The maximum atomic E-state index is 4.54. The number of halogens is 1. The van der Waals surface area contributed by atoms with E-state index in [1.165, 1.54) is 23.8 Å². The molecule has 94 valence electrons. The van der Waals surface area contributed by atoms with Gasteiger partial charge in [-0.15, -0.1) is 0 Å². The standard InChI is InChI=1S/C15H17BrN2/c16-8-10-18(14-6-7-14)11-13-4-1-3-12-5-2-9-17-15(12)13/h1-5,9,14H,6-8,10-11H2. The van der Waals surface area contributed by atoms with Crippen LogP contribution in [0.3, 0.4) is 0 Å². The van der Waals surface area contributed by atoms with Crippen molar-refractivity contribution < 1.29 is 0 Å². The zero-order chi connectivity index (χ0) is 12.4. The van der Waals surface area contributed by atoms with Crippen LogP contribution in [0.2, 0.25) is 0 Å². The van der Waals surface area contributed by atoms with Crippen LogP contribution in [-0.4, -0.2) is 27.8 Å². The van der Waals surface area contributed by atoms with Crippen LogP contribution in [0.15, 0.2) is 36.5 Å². The highest BCUT2D eigenvalue weighted by Crippen LogP contribution is 2.29. The molecule has 0 saturated heterocycles. The molecule has 0 aliphatic heterocycles. The van der Waals surface area contributed by atoms with E-state index in [9.17, 15) is 0 Å². The minimum Gasteiger partial charge on any atom is -0.295 e. The van der Waals surface area contributed by atoms with Gasteiger partial charge in [0.2, 0.25) is 0 Å². The fraction of sp³-hybridized carbons (Fsp3) is 0.400. The quantitative estimate of drug-likeness (QED) is 0.785. The molecule has 0 radical (unpaired) electrons. The normalized spacial score (nSPS) is 15.4. The van der Waals surface area contributed by atoms with Crippen molar-refractivity contribution in [2.75, 3.05) is 11.9 Å². The molecule has 0 atom stereocenters. The number of para-hydroxylation sites is 1. The van der Waals surface area contributed by atoms with E-state index in [0.717, 1.165) is 30.0 Å².